The maximum atomic E-state index is 12.6. The Labute approximate surface area is 193 Å². The number of piperidine rings is 1. The van der Waals surface area contributed by atoms with E-state index in [9.17, 15) is 9.59 Å². The van der Waals surface area contributed by atoms with Gasteiger partial charge in [0.05, 0.1) is 18.7 Å². The molecule has 5 rings (SSSR count). The molecule has 33 heavy (non-hydrogen) atoms. The summed E-state index contributed by atoms with van der Waals surface area (Å²) in [6.07, 6.45) is 1.20. The summed E-state index contributed by atoms with van der Waals surface area (Å²) < 4.78 is 11.8. The SMILES string of the molecule is Cc1cc(CN2CCC3(CC2)CN(c2ccc(C(=O)O)cc2)C(=O)O3)cc2c1OCC2(C)C. The highest BCUT2D eigenvalue weighted by Crippen LogP contribution is 2.42. The Morgan fingerprint density at radius 1 is 1.12 bits per heavy atom. The fourth-order valence-corrected chi connectivity index (χ4v) is 5.21. The standard InChI is InChI=1S/C26H30N2O5/c1-17-12-18(13-21-22(17)32-16-25(21,2)3)14-27-10-8-26(9-11-27)15-28(24(31)33-26)20-6-4-19(5-7-20)23(29)30/h4-7,12-13H,8-11,14-16H2,1-3H3,(H,29,30). The van der Waals surface area contributed by atoms with E-state index >= 15 is 0 Å². The second-order valence-corrected chi connectivity index (χ2v) is 10.2. The number of carbonyl (C=O) groups excluding carboxylic acids is 1. The van der Waals surface area contributed by atoms with Gasteiger partial charge in [-0.15, -0.1) is 0 Å². The van der Waals surface area contributed by atoms with E-state index in [1.165, 1.54) is 28.8 Å². The van der Waals surface area contributed by atoms with Gasteiger partial charge in [0.1, 0.15) is 11.4 Å². The largest absolute Gasteiger partial charge is 0.492 e. The van der Waals surface area contributed by atoms with E-state index in [1.54, 1.807) is 17.0 Å². The van der Waals surface area contributed by atoms with Crippen molar-refractivity contribution in [3.05, 3.63) is 58.7 Å². The number of carboxylic acid groups (broad SMARTS) is 1. The average Bonchev–Trinajstić information content (AvgIpc) is 3.26. The first kappa shape index (κ1) is 21.8. The smallest absolute Gasteiger partial charge is 0.415 e. The molecule has 0 atom stereocenters. The number of hydrogen-bond acceptors (Lipinski definition) is 5. The number of hydrogen-bond donors (Lipinski definition) is 1. The molecule has 2 aromatic rings. The van der Waals surface area contributed by atoms with E-state index in [0.717, 1.165) is 44.8 Å². The summed E-state index contributed by atoms with van der Waals surface area (Å²) in [5.41, 5.74) is 4.20. The Balaban J connectivity index is 1.24. The molecule has 7 heteroatoms. The first-order valence-corrected chi connectivity index (χ1v) is 11.5. The van der Waals surface area contributed by atoms with E-state index in [0.29, 0.717) is 12.2 Å². The van der Waals surface area contributed by atoms with Crippen LogP contribution in [0.4, 0.5) is 10.5 Å². The molecule has 1 amide bonds. The molecule has 3 aliphatic rings. The van der Waals surface area contributed by atoms with Crippen molar-refractivity contribution in [3.8, 4) is 5.75 Å². The predicted molar refractivity (Wildman–Crippen MR) is 124 cm³/mol. The number of fused-ring (bicyclic) bond motifs is 1. The van der Waals surface area contributed by atoms with Crippen molar-refractivity contribution in [2.24, 2.45) is 0 Å². The summed E-state index contributed by atoms with van der Waals surface area (Å²) >= 11 is 0. The minimum absolute atomic E-state index is 0.0340. The minimum Gasteiger partial charge on any atom is -0.492 e. The fourth-order valence-electron chi connectivity index (χ4n) is 5.21. The second-order valence-electron chi connectivity index (χ2n) is 10.2. The normalized spacial score (nSPS) is 21.1. The van der Waals surface area contributed by atoms with E-state index < -0.39 is 11.6 Å². The monoisotopic (exact) mass is 450 g/mol. The molecular formula is C26H30N2O5. The van der Waals surface area contributed by atoms with Crippen LogP contribution in [-0.2, 0) is 16.7 Å². The lowest BCUT2D eigenvalue weighted by molar-refractivity contribution is -0.000987. The fraction of sp³-hybridized carbons (Fsp3) is 0.462. The summed E-state index contributed by atoms with van der Waals surface area (Å²) in [7, 11) is 0. The molecule has 0 unspecified atom stereocenters. The summed E-state index contributed by atoms with van der Waals surface area (Å²) in [5.74, 6) is 0.0553. The predicted octanol–water partition coefficient (Wildman–Crippen LogP) is 4.35. The van der Waals surface area contributed by atoms with Crippen LogP contribution in [0.25, 0.3) is 0 Å². The van der Waals surface area contributed by atoms with Crippen molar-refractivity contribution in [1.29, 1.82) is 0 Å². The summed E-state index contributed by atoms with van der Waals surface area (Å²) in [5, 5.41) is 9.09. The topological polar surface area (TPSA) is 79.3 Å². The molecule has 0 radical (unpaired) electrons. The van der Waals surface area contributed by atoms with E-state index in [2.05, 4.69) is 37.8 Å². The number of ether oxygens (including phenoxy) is 2. The van der Waals surface area contributed by atoms with Crippen LogP contribution in [0.1, 0.15) is 53.7 Å². The van der Waals surface area contributed by atoms with Crippen molar-refractivity contribution in [2.45, 2.75) is 51.2 Å². The highest BCUT2D eigenvalue weighted by atomic mass is 16.6. The van der Waals surface area contributed by atoms with Crippen LogP contribution in [0.15, 0.2) is 36.4 Å². The molecule has 0 aromatic heterocycles. The third-order valence-electron chi connectivity index (χ3n) is 7.21. The van der Waals surface area contributed by atoms with Crippen LogP contribution in [-0.4, -0.2) is 53.9 Å². The lowest BCUT2D eigenvalue weighted by atomic mass is 9.85. The van der Waals surface area contributed by atoms with Gasteiger partial charge >= 0.3 is 12.1 Å². The van der Waals surface area contributed by atoms with E-state index in [4.69, 9.17) is 14.6 Å². The van der Waals surface area contributed by atoms with Gasteiger partial charge in [-0.2, -0.15) is 0 Å². The molecule has 7 nitrogen and oxygen atoms in total. The molecule has 2 aromatic carbocycles. The Kier molecular flexibility index (Phi) is 5.12. The Morgan fingerprint density at radius 3 is 2.48 bits per heavy atom. The zero-order valence-corrected chi connectivity index (χ0v) is 19.4. The number of likely N-dealkylation sites (tertiary alicyclic amines) is 1. The van der Waals surface area contributed by atoms with Gasteiger partial charge in [0.2, 0.25) is 0 Å². The average molecular weight is 451 g/mol. The molecule has 0 saturated carbocycles. The second kappa shape index (κ2) is 7.76. The highest BCUT2D eigenvalue weighted by molar-refractivity contribution is 5.92. The van der Waals surface area contributed by atoms with Crippen LogP contribution in [0.2, 0.25) is 0 Å². The molecule has 2 fully saturated rings. The highest BCUT2D eigenvalue weighted by Gasteiger charge is 2.47. The lowest BCUT2D eigenvalue weighted by Crippen LogP contribution is -2.46. The molecule has 1 spiro atoms. The molecule has 1 N–H and O–H groups in total. The van der Waals surface area contributed by atoms with Gasteiger partial charge in [0.25, 0.3) is 0 Å². The molecule has 2 saturated heterocycles. The zero-order valence-electron chi connectivity index (χ0n) is 19.4. The molecule has 3 heterocycles. The maximum Gasteiger partial charge on any atom is 0.415 e. The van der Waals surface area contributed by atoms with Gasteiger partial charge < -0.3 is 14.6 Å². The maximum absolute atomic E-state index is 12.6. The van der Waals surface area contributed by atoms with Crippen LogP contribution in [0.5, 0.6) is 5.75 Å². The summed E-state index contributed by atoms with van der Waals surface area (Å²) in [4.78, 5) is 27.7. The van der Waals surface area contributed by atoms with Gasteiger partial charge in [-0.3, -0.25) is 9.80 Å². The number of rotatable bonds is 4. The first-order chi connectivity index (χ1) is 15.7. The number of carbonyl (C=O) groups is 2. The van der Waals surface area contributed by atoms with Gasteiger partial charge in [-0.05, 0) is 42.3 Å². The van der Waals surface area contributed by atoms with Crippen LogP contribution >= 0.6 is 0 Å². The molecule has 174 valence electrons. The van der Waals surface area contributed by atoms with Crippen molar-refractivity contribution < 1.29 is 24.2 Å². The zero-order chi connectivity index (χ0) is 23.4. The van der Waals surface area contributed by atoms with Crippen molar-refractivity contribution in [2.75, 3.05) is 31.1 Å². The molecule has 0 bridgehead atoms. The summed E-state index contributed by atoms with van der Waals surface area (Å²) in [6, 6.07) is 10.9. The van der Waals surface area contributed by atoms with Crippen LogP contribution in [0, 0.1) is 6.92 Å². The third kappa shape index (κ3) is 3.95. The number of anilines is 1. The minimum atomic E-state index is -0.982. The number of carboxylic acids is 1. The quantitative estimate of drug-likeness (QED) is 0.746. The number of amides is 1. The number of aryl methyl sites for hydroxylation is 1. The number of benzene rings is 2. The molecular weight excluding hydrogens is 420 g/mol. The molecule has 3 aliphatic heterocycles. The summed E-state index contributed by atoms with van der Waals surface area (Å²) in [6.45, 7) is 10.4. The Hall–Kier alpha value is -3.06. The van der Waals surface area contributed by atoms with E-state index in [1.807, 2.05) is 0 Å². The van der Waals surface area contributed by atoms with Crippen molar-refractivity contribution in [3.63, 3.8) is 0 Å². The first-order valence-electron chi connectivity index (χ1n) is 11.5. The van der Waals surface area contributed by atoms with Gasteiger partial charge in [-0.1, -0.05) is 26.0 Å². The van der Waals surface area contributed by atoms with Crippen LogP contribution in [0.3, 0.4) is 0 Å². The molecule has 0 aliphatic carbocycles. The lowest BCUT2D eigenvalue weighted by Gasteiger charge is -2.37. The number of aromatic carboxylic acids is 1. The van der Waals surface area contributed by atoms with Crippen molar-refractivity contribution >= 4 is 17.7 Å². The van der Waals surface area contributed by atoms with E-state index in [-0.39, 0.29) is 17.1 Å². The van der Waals surface area contributed by atoms with Gasteiger partial charge in [-0.25, -0.2) is 9.59 Å². The van der Waals surface area contributed by atoms with Crippen LogP contribution < -0.4 is 9.64 Å². The number of nitrogens with zero attached hydrogens (tertiary/aromatic N) is 2. The third-order valence-corrected chi connectivity index (χ3v) is 7.21. The van der Waals surface area contributed by atoms with Gasteiger partial charge in [0.15, 0.2) is 0 Å². The van der Waals surface area contributed by atoms with Gasteiger partial charge in [0, 0.05) is 49.1 Å². The Bertz CT molecular complexity index is 1100. The Morgan fingerprint density at radius 2 is 1.82 bits per heavy atom. The van der Waals surface area contributed by atoms with Crippen molar-refractivity contribution in [1.82, 2.24) is 4.90 Å².